The predicted molar refractivity (Wildman–Crippen MR) is 127 cm³/mol. The van der Waals surface area contributed by atoms with Gasteiger partial charge in [0.15, 0.2) is 5.65 Å². The molecule has 0 saturated heterocycles. The van der Waals surface area contributed by atoms with E-state index in [9.17, 15) is 9.59 Å². The normalized spacial score (nSPS) is 13.5. The van der Waals surface area contributed by atoms with E-state index in [-0.39, 0.29) is 23.8 Å². The van der Waals surface area contributed by atoms with Crippen molar-refractivity contribution in [2.24, 2.45) is 5.92 Å². The molecule has 162 valence electrons. The summed E-state index contributed by atoms with van der Waals surface area (Å²) in [6.45, 7) is 4.07. The summed E-state index contributed by atoms with van der Waals surface area (Å²) < 4.78 is 1.83. The number of nitrogens with one attached hydrogen (secondary N) is 2. The second-order valence-corrected chi connectivity index (χ2v) is 9.20. The van der Waals surface area contributed by atoms with Crippen molar-refractivity contribution in [1.82, 2.24) is 14.8 Å². The highest BCUT2D eigenvalue weighted by Gasteiger charge is 2.29. The van der Waals surface area contributed by atoms with Crippen LogP contribution in [-0.2, 0) is 4.79 Å². The van der Waals surface area contributed by atoms with E-state index in [1.54, 1.807) is 41.8 Å². The van der Waals surface area contributed by atoms with Crippen LogP contribution in [0, 0.1) is 5.92 Å². The maximum absolute atomic E-state index is 13.2. The summed E-state index contributed by atoms with van der Waals surface area (Å²) in [6, 6.07) is 13.1. The Bertz CT molecular complexity index is 1290. The molecule has 1 aromatic carbocycles. The van der Waals surface area contributed by atoms with Gasteiger partial charge in [0.1, 0.15) is 0 Å². The number of aromatic nitrogens is 3. The lowest BCUT2D eigenvalue weighted by Gasteiger charge is -2.11. The Balaban J connectivity index is 1.44. The molecule has 1 aliphatic rings. The zero-order valence-electron chi connectivity index (χ0n) is 17.8. The van der Waals surface area contributed by atoms with Crippen LogP contribution in [0.3, 0.4) is 0 Å². The van der Waals surface area contributed by atoms with Gasteiger partial charge in [-0.25, -0.2) is 9.67 Å². The van der Waals surface area contributed by atoms with Crippen molar-refractivity contribution in [2.75, 3.05) is 10.6 Å². The third-order valence-electron chi connectivity index (χ3n) is 5.43. The molecule has 2 N–H and O–H groups in total. The maximum Gasteiger partial charge on any atom is 0.256 e. The fraction of sp³-hybridized carbons (Fsp3) is 0.250. The Morgan fingerprint density at radius 1 is 1.09 bits per heavy atom. The number of benzene rings is 1. The molecule has 4 aromatic rings. The van der Waals surface area contributed by atoms with Crippen molar-refractivity contribution in [3.8, 4) is 10.6 Å². The number of carbonyl (C=O) groups is 2. The molecule has 0 unspecified atom stereocenters. The number of thiophene rings is 1. The van der Waals surface area contributed by atoms with Gasteiger partial charge in [0.2, 0.25) is 5.91 Å². The van der Waals surface area contributed by atoms with E-state index in [1.165, 1.54) is 0 Å². The first-order valence-electron chi connectivity index (χ1n) is 10.6. The predicted octanol–water partition coefficient (Wildman–Crippen LogP) is 5.34. The second-order valence-electron chi connectivity index (χ2n) is 8.25. The average Bonchev–Trinajstić information content (AvgIpc) is 3.31. The largest absolute Gasteiger partial charge is 0.326 e. The molecule has 0 atom stereocenters. The van der Waals surface area contributed by atoms with Gasteiger partial charge in [0, 0.05) is 23.3 Å². The van der Waals surface area contributed by atoms with E-state index in [2.05, 4.69) is 15.7 Å². The zero-order valence-corrected chi connectivity index (χ0v) is 18.6. The highest BCUT2D eigenvalue weighted by Crippen LogP contribution is 2.31. The molecule has 0 spiro atoms. The minimum atomic E-state index is -0.228. The minimum Gasteiger partial charge on any atom is -0.326 e. The van der Waals surface area contributed by atoms with Gasteiger partial charge in [-0.05, 0) is 68.5 Å². The molecule has 0 aliphatic heterocycles. The first-order chi connectivity index (χ1) is 15.5. The third-order valence-corrected chi connectivity index (χ3v) is 6.32. The van der Waals surface area contributed by atoms with E-state index >= 15 is 0 Å². The number of hydrogen-bond donors (Lipinski definition) is 2. The van der Waals surface area contributed by atoms with Crippen LogP contribution in [0.5, 0.6) is 0 Å². The molecule has 1 aliphatic carbocycles. The fourth-order valence-corrected chi connectivity index (χ4v) is 4.25. The van der Waals surface area contributed by atoms with Crippen molar-refractivity contribution in [3.63, 3.8) is 0 Å². The number of rotatable bonds is 6. The molecule has 1 fully saturated rings. The van der Waals surface area contributed by atoms with Crippen molar-refractivity contribution in [1.29, 1.82) is 0 Å². The number of amides is 2. The lowest BCUT2D eigenvalue weighted by molar-refractivity contribution is -0.117. The number of pyridine rings is 1. The van der Waals surface area contributed by atoms with E-state index < -0.39 is 0 Å². The number of hydrogen-bond acceptors (Lipinski definition) is 5. The third kappa shape index (κ3) is 4.01. The maximum atomic E-state index is 13.2. The number of carbonyl (C=O) groups excluding carboxylic acids is 2. The average molecular weight is 446 g/mol. The molecule has 8 heteroatoms. The SMILES string of the molecule is CC(C)n1ncc2c(C(=O)Nc3ccc(NC(=O)C4CC4)cc3)cc(-c3cccs3)nc21. The Hall–Kier alpha value is -3.52. The van der Waals surface area contributed by atoms with E-state index in [1.807, 2.05) is 42.1 Å². The molecule has 32 heavy (non-hydrogen) atoms. The Morgan fingerprint density at radius 3 is 2.44 bits per heavy atom. The fourth-order valence-electron chi connectivity index (χ4n) is 3.56. The lowest BCUT2D eigenvalue weighted by Crippen LogP contribution is -2.14. The van der Waals surface area contributed by atoms with Crippen LogP contribution >= 0.6 is 11.3 Å². The van der Waals surface area contributed by atoms with Crippen LogP contribution in [0.15, 0.2) is 54.0 Å². The number of fused-ring (bicyclic) bond motifs is 1. The number of anilines is 2. The van der Waals surface area contributed by atoms with Crippen molar-refractivity contribution in [3.05, 3.63) is 59.6 Å². The molecular weight excluding hydrogens is 422 g/mol. The second kappa shape index (κ2) is 8.20. The molecule has 3 aromatic heterocycles. The molecular formula is C24H23N5O2S. The summed E-state index contributed by atoms with van der Waals surface area (Å²) in [7, 11) is 0. The molecule has 0 radical (unpaired) electrons. The summed E-state index contributed by atoms with van der Waals surface area (Å²) in [5.41, 5.74) is 3.34. The van der Waals surface area contributed by atoms with Gasteiger partial charge in [-0.1, -0.05) is 6.07 Å². The smallest absolute Gasteiger partial charge is 0.256 e. The van der Waals surface area contributed by atoms with Gasteiger partial charge >= 0.3 is 0 Å². The summed E-state index contributed by atoms with van der Waals surface area (Å²) in [5.74, 6) is -0.0229. The summed E-state index contributed by atoms with van der Waals surface area (Å²) in [5, 5.41) is 13.0. The summed E-state index contributed by atoms with van der Waals surface area (Å²) in [6.07, 6.45) is 3.62. The number of nitrogens with zero attached hydrogens (tertiary/aromatic N) is 3. The van der Waals surface area contributed by atoms with E-state index in [4.69, 9.17) is 4.98 Å². The van der Waals surface area contributed by atoms with Gasteiger partial charge in [-0.3, -0.25) is 9.59 Å². The van der Waals surface area contributed by atoms with Gasteiger partial charge in [-0.2, -0.15) is 5.10 Å². The minimum absolute atomic E-state index is 0.0595. The quantitative estimate of drug-likeness (QED) is 0.419. The van der Waals surface area contributed by atoms with Crippen molar-refractivity contribution < 1.29 is 9.59 Å². The van der Waals surface area contributed by atoms with Crippen LogP contribution in [-0.4, -0.2) is 26.6 Å². The van der Waals surface area contributed by atoms with Crippen LogP contribution in [0.25, 0.3) is 21.6 Å². The van der Waals surface area contributed by atoms with E-state index in [0.717, 1.165) is 29.1 Å². The highest BCUT2D eigenvalue weighted by atomic mass is 32.1. The molecule has 3 heterocycles. The van der Waals surface area contributed by atoms with E-state index in [0.29, 0.717) is 22.3 Å². The standard InChI is InChI=1S/C24H23N5O2S/c1-14(2)29-22-19(13-25-29)18(12-20(28-22)21-4-3-11-32-21)24(31)27-17-9-7-16(8-10-17)26-23(30)15-5-6-15/h3-4,7-15H,5-6H2,1-2H3,(H,26,30)(H,27,31). The molecule has 2 amide bonds. The van der Waals surface area contributed by atoms with Crippen molar-refractivity contribution >= 4 is 45.6 Å². The molecule has 0 bridgehead atoms. The first-order valence-corrected chi connectivity index (χ1v) is 11.5. The summed E-state index contributed by atoms with van der Waals surface area (Å²) >= 11 is 1.58. The Kier molecular flexibility index (Phi) is 5.22. The zero-order chi connectivity index (χ0) is 22.2. The van der Waals surface area contributed by atoms with Crippen LogP contribution in [0.1, 0.15) is 43.1 Å². The molecule has 1 saturated carbocycles. The van der Waals surface area contributed by atoms with Gasteiger partial charge in [0.05, 0.1) is 27.7 Å². The van der Waals surface area contributed by atoms with Crippen LogP contribution < -0.4 is 10.6 Å². The van der Waals surface area contributed by atoms with Gasteiger partial charge in [0.25, 0.3) is 5.91 Å². The Labute approximate surface area is 189 Å². The van der Waals surface area contributed by atoms with Gasteiger partial charge < -0.3 is 10.6 Å². The first kappa shape index (κ1) is 20.4. The lowest BCUT2D eigenvalue weighted by atomic mass is 10.1. The topological polar surface area (TPSA) is 88.9 Å². The molecule has 7 nitrogen and oxygen atoms in total. The van der Waals surface area contributed by atoms with Crippen LogP contribution in [0.2, 0.25) is 0 Å². The summed E-state index contributed by atoms with van der Waals surface area (Å²) in [4.78, 5) is 31.0. The molecule has 5 rings (SSSR count). The highest BCUT2D eigenvalue weighted by molar-refractivity contribution is 7.13. The van der Waals surface area contributed by atoms with Crippen LogP contribution in [0.4, 0.5) is 11.4 Å². The monoisotopic (exact) mass is 445 g/mol. The van der Waals surface area contributed by atoms with Crippen molar-refractivity contribution in [2.45, 2.75) is 32.7 Å². The Morgan fingerprint density at radius 2 is 1.81 bits per heavy atom. The van der Waals surface area contributed by atoms with Gasteiger partial charge in [-0.15, -0.1) is 11.3 Å².